The van der Waals surface area contributed by atoms with Crippen LogP contribution in [-0.4, -0.2) is 66.2 Å². The first-order valence-electron chi connectivity index (χ1n) is 10.8. The van der Waals surface area contributed by atoms with Crippen LogP contribution >= 0.6 is 0 Å². The lowest BCUT2D eigenvalue weighted by molar-refractivity contribution is 0.00578. The number of amides is 1. The number of carbonyl (C=O) groups excluding carboxylic acids is 1. The van der Waals surface area contributed by atoms with Crippen molar-refractivity contribution in [2.24, 2.45) is 0 Å². The molecule has 0 aromatic heterocycles. The molecule has 1 aromatic rings. The quantitative estimate of drug-likeness (QED) is 0.752. The van der Waals surface area contributed by atoms with Crippen molar-refractivity contribution < 1.29 is 14.1 Å². The first-order chi connectivity index (χ1) is 13.3. The molecule has 1 amide bonds. The van der Waals surface area contributed by atoms with Crippen molar-refractivity contribution in [1.82, 2.24) is 9.80 Å². The van der Waals surface area contributed by atoms with Crippen molar-refractivity contribution in [3.63, 3.8) is 0 Å². The molecular formula is C22H33BN2O3. The number of hydrogen-bond donors (Lipinski definition) is 0. The maximum absolute atomic E-state index is 12.9. The molecule has 3 aliphatic heterocycles. The van der Waals surface area contributed by atoms with Crippen LogP contribution in [0.3, 0.4) is 0 Å². The summed E-state index contributed by atoms with van der Waals surface area (Å²) >= 11 is 0. The number of likely N-dealkylation sites (tertiary alicyclic amines) is 2. The monoisotopic (exact) mass is 384 g/mol. The summed E-state index contributed by atoms with van der Waals surface area (Å²) in [5, 5.41) is 0. The molecule has 3 aliphatic rings. The lowest BCUT2D eigenvalue weighted by Crippen LogP contribution is -2.46. The fourth-order valence-electron chi connectivity index (χ4n) is 4.49. The number of nitrogens with zero attached hydrogens (tertiary/aromatic N) is 2. The van der Waals surface area contributed by atoms with Crippen LogP contribution < -0.4 is 5.46 Å². The molecule has 6 heteroatoms. The van der Waals surface area contributed by atoms with Crippen molar-refractivity contribution in [1.29, 1.82) is 0 Å². The average Bonchev–Trinajstić information content (AvgIpc) is 3.28. The third-order valence-corrected chi connectivity index (χ3v) is 7.09. The Kier molecular flexibility index (Phi) is 5.32. The molecule has 0 radical (unpaired) electrons. The van der Waals surface area contributed by atoms with Crippen molar-refractivity contribution in [2.75, 3.05) is 26.2 Å². The molecule has 0 bridgehead atoms. The molecule has 4 rings (SSSR count). The summed E-state index contributed by atoms with van der Waals surface area (Å²) < 4.78 is 12.2. The zero-order valence-electron chi connectivity index (χ0n) is 17.7. The fraction of sp³-hybridized carbons (Fsp3) is 0.682. The fourth-order valence-corrected chi connectivity index (χ4v) is 4.49. The van der Waals surface area contributed by atoms with Gasteiger partial charge in [-0.05, 0) is 84.1 Å². The van der Waals surface area contributed by atoms with Gasteiger partial charge in [0.25, 0.3) is 5.91 Å². The summed E-state index contributed by atoms with van der Waals surface area (Å²) in [7, 11) is -0.384. The largest absolute Gasteiger partial charge is 0.494 e. The molecule has 0 spiro atoms. The third kappa shape index (κ3) is 3.74. The Morgan fingerprint density at radius 1 is 0.929 bits per heavy atom. The van der Waals surface area contributed by atoms with Gasteiger partial charge in [-0.15, -0.1) is 0 Å². The molecule has 0 saturated carbocycles. The van der Waals surface area contributed by atoms with Gasteiger partial charge in [-0.2, -0.15) is 0 Å². The molecule has 1 aromatic carbocycles. The van der Waals surface area contributed by atoms with E-state index in [9.17, 15) is 4.79 Å². The normalized spacial score (nSPS) is 25.4. The number of carbonyl (C=O) groups is 1. The first-order valence-corrected chi connectivity index (χ1v) is 10.8. The summed E-state index contributed by atoms with van der Waals surface area (Å²) in [5.74, 6) is 0.139. The average molecular weight is 384 g/mol. The highest BCUT2D eigenvalue weighted by atomic mass is 16.7. The molecule has 152 valence electrons. The number of benzene rings is 1. The van der Waals surface area contributed by atoms with E-state index in [2.05, 4.69) is 32.6 Å². The Bertz CT molecular complexity index is 689. The minimum absolute atomic E-state index is 0.139. The predicted octanol–water partition coefficient (Wildman–Crippen LogP) is 2.69. The van der Waals surface area contributed by atoms with E-state index in [0.717, 1.165) is 37.0 Å². The topological polar surface area (TPSA) is 42.0 Å². The Morgan fingerprint density at radius 2 is 1.46 bits per heavy atom. The zero-order valence-corrected chi connectivity index (χ0v) is 17.7. The van der Waals surface area contributed by atoms with Crippen molar-refractivity contribution in [3.05, 3.63) is 29.8 Å². The Balaban J connectivity index is 1.36. The van der Waals surface area contributed by atoms with Gasteiger partial charge >= 0.3 is 7.12 Å². The van der Waals surface area contributed by atoms with Crippen LogP contribution in [0.5, 0.6) is 0 Å². The molecule has 3 fully saturated rings. The molecule has 0 unspecified atom stereocenters. The molecule has 5 nitrogen and oxygen atoms in total. The summed E-state index contributed by atoms with van der Waals surface area (Å²) in [6.45, 7) is 12.4. The second-order valence-corrected chi connectivity index (χ2v) is 9.48. The SMILES string of the molecule is CC1(C)OB(c2ccc(C(=O)N3CCC(N4CCCC4)CC3)cc2)OC1(C)C. The van der Waals surface area contributed by atoms with Gasteiger partial charge in [0.1, 0.15) is 0 Å². The van der Waals surface area contributed by atoms with Crippen LogP contribution in [0.1, 0.15) is 63.7 Å². The van der Waals surface area contributed by atoms with E-state index in [-0.39, 0.29) is 24.2 Å². The van der Waals surface area contributed by atoms with Gasteiger partial charge < -0.3 is 19.1 Å². The van der Waals surface area contributed by atoms with E-state index in [4.69, 9.17) is 9.31 Å². The van der Waals surface area contributed by atoms with Gasteiger partial charge in [0.2, 0.25) is 0 Å². The molecule has 0 N–H and O–H groups in total. The lowest BCUT2D eigenvalue weighted by atomic mass is 9.79. The minimum atomic E-state index is -0.384. The van der Waals surface area contributed by atoms with E-state index >= 15 is 0 Å². The standard InChI is InChI=1S/C22H33BN2O3/c1-21(2)22(3,4)28-23(27-21)18-9-7-17(8-10-18)20(26)25-15-11-19(12-16-25)24-13-5-6-14-24/h7-10,19H,5-6,11-16H2,1-4H3. The lowest BCUT2D eigenvalue weighted by Gasteiger charge is -2.36. The summed E-state index contributed by atoms with van der Waals surface area (Å²) in [5.41, 5.74) is 1.00. The van der Waals surface area contributed by atoms with E-state index in [0.29, 0.717) is 6.04 Å². The van der Waals surface area contributed by atoms with Crippen LogP contribution in [-0.2, 0) is 9.31 Å². The van der Waals surface area contributed by atoms with Crippen molar-refractivity contribution in [2.45, 2.75) is 70.6 Å². The van der Waals surface area contributed by atoms with Gasteiger partial charge in [0, 0.05) is 24.7 Å². The van der Waals surface area contributed by atoms with Crippen LogP contribution in [0, 0.1) is 0 Å². The predicted molar refractivity (Wildman–Crippen MR) is 112 cm³/mol. The summed E-state index contributed by atoms with van der Waals surface area (Å²) in [6.07, 6.45) is 4.85. The van der Waals surface area contributed by atoms with E-state index in [1.54, 1.807) is 0 Å². The van der Waals surface area contributed by atoms with Crippen LogP contribution in [0.2, 0.25) is 0 Å². The van der Waals surface area contributed by atoms with Gasteiger partial charge in [-0.1, -0.05) is 12.1 Å². The van der Waals surface area contributed by atoms with E-state index in [1.165, 1.54) is 25.9 Å². The van der Waals surface area contributed by atoms with Gasteiger partial charge in [0.15, 0.2) is 0 Å². The molecule has 28 heavy (non-hydrogen) atoms. The highest BCUT2D eigenvalue weighted by Gasteiger charge is 2.51. The van der Waals surface area contributed by atoms with Gasteiger partial charge in [0.05, 0.1) is 11.2 Å². The van der Waals surface area contributed by atoms with Crippen LogP contribution in [0.4, 0.5) is 0 Å². The van der Waals surface area contributed by atoms with Crippen LogP contribution in [0.25, 0.3) is 0 Å². The zero-order chi connectivity index (χ0) is 19.9. The highest BCUT2D eigenvalue weighted by molar-refractivity contribution is 6.62. The first kappa shape index (κ1) is 19.9. The maximum Gasteiger partial charge on any atom is 0.494 e. The highest BCUT2D eigenvalue weighted by Crippen LogP contribution is 2.36. The smallest absolute Gasteiger partial charge is 0.399 e. The summed E-state index contributed by atoms with van der Waals surface area (Å²) in [6, 6.07) is 8.42. The molecule has 0 atom stereocenters. The van der Waals surface area contributed by atoms with Crippen molar-refractivity contribution >= 4 is 18.5 Å². The van der Waals surface area contributed by atoms with Crippen molar-refractivity contribution in [3.8, 4) is 0 Å². The molecule has 3 saturated heterocycles. The Hall–Kier alpha value is -1.37. The summed E-state index contributed by atoms with van der Waals surface area (Å²) in [4.78, 5) is 17.5. The second-order valence-electron chi connectivity index (χ2n) is 9.48. The number of piperidine rings is 1. The Morgan fingerprint density at radius 3 is 2.00 bits per heavy atom. The number of hydrogen-bond acceptors (Lipinski definition) is 4. The van der Waals surface area contributed by atoms with E-state index < -0.39 is 0 Å². The molecule has 3 heterocycles. The minimum Gasteiger partial charge on any atom is -0.399 e. The Labute approximate surface area is 169 Å². The van der Waals surface area contributed by atoms with Gasteiger partial charge in [-0.25, -0.2) is 0 Å². The molecule has 0 aliphatic carbocycles. The van der Waals surface area contributed by atoms with Crippen LogP contribution in [0.15, 0.2) is 24.3 Å². The van der Waals surface area contributed by atoms with E-state index in [1.807, 2.05) is 29.2 Å². The second kappa shape index (κ2) is 7.47. The van der Waals surface area contributed by atoms with Gasteiger partial charge in [-0.3, -0.25) is 4.79 Å². The third-order valence-electron chi connectivity index (χ3n) is 7.09. The molecular weight excluding hydrogens is 351 g/mol. The maximum atomic E-state index is 12.9. The number of rotatable bonds is 3.